The second-order valence-electron chi connectivity index (χ2n) is 6.47. The number of hydrogen-bond donors (Lipinski definition) is 1. The first-order valence-corrected chi connectivity index (χ1v) is 9.73. The molecule has 160 valence electrons. The van der Waals surface area contributed by atoms with Crippen LogP contribution in [0.15, 0.2) is 71.3 Å². The number of esters is 1. The molecule has 0 bridgehead atoms. The van der Waals surface area contributed by atoms with Crippen LogP contribution in [0.25, 0.3) is 23.2 Å². The summed E-state index contributed by atoms with van der Waals surface area (Å²) in [7, 11) is 1.25. The second kappa shape index (κ2) is 9.27. The molecule has 0 saturated heterocycles. The average Bonchev–Trinajstić information content (AvgIpc) is 3.51. The van der Waals surface area contributed by atoms with Gasteiger partial charge in [-0.3, -0.25) is 4.79 Å². The molecule has 0 atom stereocenters. The van der Waals surface area contributed by atoms with Gasteiger partial charge in [0, 0.05) is 17.3 Å². The Hall–Kier alpha value is -4.24. The standard InChI is InChI=1S/C22H16ClN5O4/c1-31-22(30)17-12-15(9-10-18(17)23)24-21(29)19(13-16-8-5-11-32-16)28-20(25-26-27-28)14-6-3-2-4-7-14/h2-13H,1H3,(H,24,29)/b19-13-. The highest BCUT2D eigenvalue weighted by Crippen LogP contribution is 2.24. The molecule has 0 saturated carbocycles. The number of methoxy groups -OCH3 is 1. The first-order chi connectivity index (χ1) is 15.6. The molecule has 1 amide bonds. The number of furan rings is 1. The predicted molar refractivity (Wildman–Crippen MR) is 118 cm³/mol. The lowest BCUT2D eigenvalue weighted by Crippen LogP contribution is -2.19. The van der Waals surface area contributed by atoms with Gasteiger partial charge in [-0.1, -0.05) is 41.9 Å². The van der Waals surface area contributed by atoms with E-state index in [-0.39, 0.29) is 16.3 Å². The Bertz CT molecular complexity index is 1280. The van der Waals surface area contributed by atoms with E-state index in [0.717, 1.165) is 5.56 Å². The highest BCUT2D eigenvalue weighted by Gasteiger charge is 2.21. The van der Waals surface area contributed by atoms with Crippen molar-refractivity contribution in [2.24, 2.45) is 0 Å². The van der Waals surface area contributed by atoms with Gasteiger partial charge in [-0.05, 0) is 40.8 Å². The van der Waals surface area contributed by atoms with Crippen molar-refractivity contribution in [2.45, 2.75) is 0 Å². The molecular formula is C22H16ClN5O4. The highest BCUT2D eigenvalue weighted by molar-refractivity contribution is 6.33. The Morgan fingerprint density at radius 3 is 2.66 bits per heavy atom. The average molecular weight is 450 g/mol. The van der Waals surface area contributed by atoms with Gasteiger partial charge in [-0.2, -0.15) is 4.68 Å². The number of hydrogen-bond acceptors (Lipinski definition) is 7. The lowest BCUT2D eigenvalue weighted by molar-refractivity contribution is -0.111. The highest BCUT2D eigenvalue weighted by atomic mass is 35.5. The zero-order chi connectivity index (χ0) is 22.5. The second-order valence-corrected chi connectivity index (χ2v) is 6.87. The van der Waals surface area contributed by atoms with Crippen LogP contribution >= 0.6 is 11.6 Å². The van der Waals surface area contributed by atoms with E-state index in [1.807, 2.05) is 30.3 Å². The number of ether oxygens (including phenoxy) is 1. The van der Waals surface area contributed by atoms with E-state index in [1.54, 1.807) is 18.2 Å². The summed E-state index contributed by atoms with van der Waals surface area (Å²) in [5, 5.41) is 14.7. The first kappa shape index (κ1) is 21.0. The molecule has 0 radical (unpaired) electrons. The molecule has 0 aliphatic carbocycles. The summed E-state index contributed by atoms with van der Waals surface area (Å²) < 4.78 is 11.4. The lowest BCUT2D eigenvalue weighted by Gasteiger charge is -2.11. The fourth-order valence-electron chi connectivity index (χ4n) is 2.91. The number of carbonyl (C=O) groups is 2. The van der Waals surface area contributed by atoms with Gasteiger partial charge in [0.15, 0.2) is 5.82 Å². The van der Waals surface area contributed by atoms with Crippen LogP contribution in [0.4, 0.5) is 5.69 Å². The van der Waals surface area contributed by atoms with Gasteiger partial charge in [-0.15, -0.1) is 5.10 Å². The van der Waals surface area contributed by atoms with Crippen LogP contribution in [0.2, 0.25) is 5.02 Å². The van der Waals surface area contributed by atoms with E-state index in [0.29, 0.717) is 17.3 Å². The normalized spacial score (nSPS) is 11.2. The number of tetrazole rings is 1. The number of anilines is 1. The molecule has 4 rings (SSSR count). The van der Waals surface area contributed by atoms with E-state index in [2.05, 4.69) is 20.8 Å². The number of rotatable bonds is 6. The maximum atomic E-state index is 13.3. The number of carbonyl (C=O) groups excluding carboxylic acids is 2. The summed E-state index contributed by atoms with van der Waals surface area (Å²) in [6.07, 6.45) is 3.00. The fraction of sp³-hybridized carbons (Fsp3) is 0.0455. The van der Waals surface area contributed by atoms with Gasteiger partial charge in [0.25, 0.3) is 5.91 Å². The van der Waals surface area contributed by atoms with Crippen molar-refractivity contribution >= 4 is 40.9 Å². The molecule has 0 spiro atoms. The molecule has 0 aliphatic heterocycles. The minimum atomic E-state index is -0.621. The summed E-state index contributed by atoms with van der Waals surface area (Å²) in [5.74, 6) is -0.366. The molecule has 2 aromatic carbocycles. The van der Waals surface area contributed by atoms with Crippen molar-refractivity contribution in [1.82, 2.24) is 20.2 Å². The van der Waals surface area contributed by atoms with E-state index in [1.165, 1.54) is 36.3 Å². The van der Waals surface area contributed by atoms with Crippen molar-refractivity contribution in [3.05, 3.63) is 83.3 Å². The number of nitrogens with one attached hydrogen (secondary N) is 1. The van der Waals surface area contributed by atoms with Gasteiger partial charge in [0.2, 0.25) is 0 Å². The molecule has 4 aromatic rings. The molecule has 10 heteroatoms. The molecule has 32 heavy (non-hydrogen) atoms. The van der Waals surface area contributed by atoms with Crippen LogP contribution in [-0.2, 0) is 9.53 Å². The molecule has 2 aromatic heterocycles. The van der Waals surface area contributed by atoms with Crippen molar-refractivity contribution in [3.63, 3.8) is 0 Å². The SMILES string of the molecule is COC(=O)c1cc(NC(=O)/C(=C/c2ccco2)n2nnnc2-c2ccccc2)ccc1Cl. The van der Waals surface area contributed by atoms with E-state index in [9.17, 15) is 9.59 Å². The van der Waals surface area contributed by atoms with Crippen LogP contribution in [0.1, 0.15) is 16.1 Å². The van der Waals surface area contributed by atoms with Gasteiger partial charge in [0.05, 0.1) is 24.0 Å². The molecule has 9 nitrogen and oxygen atoms in total. The summed E-state index contributed by atoms with van der Waals surface area (Å²) in [6, 6.07) is 17.1. The Kier molecular flexibility index (Phi) is 6.09. The van der Waals surface area contributed by atoms with E-state index >= 15 is 0 Å². The number of aromatic nitrogens is 4. The minimum absolute atomic E-state index is 0.0957. The van der Waals surface area contributed by atoms with Crippen molar-refractivity contribution in [1.29, 1.82) is 0 Å². The molecule has 0 unspecified atom stereocenters. The Labute approximate surface area is 187 Å². The third-order valence-corrected chi connectivity index (χ3v) is 4.74. The minimum Gasteiger partial charge on any atom is -0.465 e. The van der Waals surface area contributed by atoms with E-state index < -0.39 is 11.9 Å². The fourth-order valence-corrected chi connectivity index (χ4v) is 3.11. The summed E-state index contributed by atoms with van der Waals surface area (Å²) in [4.78, 5) is 25.2. The number of halogens is 1. The largest absolute Gasteiger partial charge is 0.465 e. The quantitative estimate of drug-likeness (QED) is 0.349. The van der Waals surface area contributed by atoms with Crippen LogP contribution in [0.3, 0.4) is 0 Å². The maximum Gasteiger partial charge on any atom is 0.339 e. The molecule has 1 N–H and O–H groups in total. The number of nitrogens with zero attached hydrogens (tertiary/aromatic N) is 4. The van der Waals surface area contributed by atoms with Gasteiger partial charge in [0.1, 0.15) is 11.5 Å². The van der Waals surface area contributed by atoms with Crippen molar-refractivity contribution < 1.29 is 18.7 Å². The lowest BCUT2D eigenvalue weighted by atomic mass is 10.2. The Morgan fingerprint density at radius 2 is 1.94 bits per heavy atom. The van der Waals surface area contributed by atoms with E-state index in [4.69, 9.17) is 20.8 Å². The predicted octanol–water partition coefficient (Wildman–Crippen LogP) is 4.01. The van der Waals surface area contributed by atoms with Gasteiger partial charge in [-0.25, -0.2) is 4.79 Å². The van der Waals surface area contributed by atoms with Crippen LogP contribution < -0.4 is 5.32 Å². The van der Waals surface area contributed by atoms with Crippen molar-refractivity contribution in [3.8, 4) is 11.4 Å². The van der Waals surface area contributed by atoms with Crippen LogP contribution in [0.5, 0.6) is 0 Å². The summed E-state index contributed by atoms with van der Waals surface area (Å²) >= 11 is 6.07. The monoisotopic (exact) mass is 449 g/mol. The Morgan fingerprint density at radius 1 is 1.12 bits per heavy atom. The molecule has 2 heterocycles. The van der Waals surface area contributed by atoms with Crippen LogP contribution in [0, 0.1) is 0 Å². The topological polar surface area (TPSA) is 112 Å². The number of benzene rings is 2. The number of amides is 1. The first-order valence-electron chi connectivity index (χ1n) is 9.35. The summed E-state index contributed by atoms with van der Waals surface area (Å²) in [6.45, 7) is 0. The zero-order valence-electron chi connectivity index (χ0n) is 16.7. The third-order valence-electron chi connectivity index (χ3n) is 4.41. The molecular weight excluding hydrogens is 434 g/mol. The summed E-state index contributed by atoms with van der Waals surface area (Å²) in [5.41, 5.74) is 1.27. The Balaban J connectivity index is 1.73. The smallest absolute Gasteiger partial charge is 0.339 e. The molecule has 0 fully saturated rings. The van der Waals surface area contributed by atoms with Gasteiger partial charge >= 0.3 is 5.97 Å². The van der Waals surface area contributed by atoms with Crippen molar-refractivity contribution in [2.75, 3.05) is 12.4 Å². The maximum absolute atomic E-state index is 13.3. The van der Waals surface area contributed by atoms with Crippen LogP contribution in [-0.4, -0.2) is 39.2 Å². The zero-order valence-corrected chi connectivity index (χ0v) is 17.5. The van der Waals surface area contributed by atoms with Gasteiger partial charge < -0.3 is 14.5 Å². The molecule has 0 aliphatic rings. The third kappa shape index (κ3) is 4.42.